The van der Waals surface area contributed by atoms with Crippen molar-refractivity contribution in [3.05, 3.63) is 104 Å². The molecule has 0 atom stereocenters. The van der Waals surface area contributed by atoms with Crippen LogP contribution in [0.4, 0.5) is 0 Å². The zero-order valence-electron chi connectivity index (χ0n) is 19.6. The molecule has 0 amide bonds. The summed E-state index contributed by atoms with van der Waals surface area (Å²) in [6, 6.07) is 9.85. The fourth-order valence-electron chi connectivity index (χ4n) is 4.09. The molecule has 0 saturated carbocycles. The molecular formula is C26H14O14. The third-order valence-electron chi connectivity index (χ3n) is 5.60. The van der Waals surface area contributed by atoms with Gasteiger partial charge in [0.15, 0.2) is 11.6 Å². The minimum Gasteiger partial charge on any atom is -0.478 e. The molecule has 14 heteroatoms. The summed E-state index contributed by atoms with van der Waals surface area (Å²) in [4.78, 5) is 99.2. The van der Waals surface area contributed by atoms with Crippen LogP contribution in [0.15, 0.2) is 48.5 Å². The molecule has 6 N–H and O–H groups in total. The Hall–Kier alpha value is -6.18. The number of benzene rings is 3. The van der Waals surface area contributed by atoms with Crippen LogP contribution in [0.3, 0.4) is 0 Å². The lowest BCUT2D eigenvalue weighted by Crippen LogP contribution is -2.29. The first-order valence-corrected chi connectivity index (χ1v) is 10.6. The second kappa shape index (κ2) is 10.7. The lowest BCUT2D eigenvalue weighted by atomic mass is 9.81. The maximum atomic E-state index is 13.7. The first-order valence-electron chi connectivity index (χ1n) is 10.6. The molecule has 14 nitrogen and oxygen atoms in total. The van der Waals surface area contributed by atoms with Gasteiger partial charge in [0.25, 0.3) is 0 Å². The largest absolute Gasteiger partial charge is 0.478 e. The van der Waals surface area contributed by atoms with Crippen LogP contribution in [0.1, 0.15) is 94.0 Å². The highest BCUT2D eigenvalue weighted by atomic mass is 16.4. The van der Waals surface area contributed by atoms with Gasteiger partial charge < -0.3 is 30.6 Å². The highest BCUT2D eigenvalue weighted by Gasteiger charge is 2.41. The quantitative estimate of drug-likeness (QED) is 0.198. The average Bonchev–Trinajstić information content (AvgIpc) is 2.89. The third-order valence-corrected chi connectivity index (χ3v) is 5.60. The maximum absolute atomic E-state index is 13.7. The van der Waals surface area contributed by atoms with Gasteiger partial charge in [-0.1, -0.05) is 48.5 Å². The predicted octanol–water partition coefficient (Wildman–Crippen LogP) is 2.34. The Labute approximate surface area is 221 Å². The Bertz CT molecular complexity index is 1630. The van der Waals surface area contributed by atoms with Crippen molar-refractivity contribution in [1.29, 1.82) is 0 Å². The molecule has 3 aromatic carbocycles. The summed E-state index contributed by atoms with van der Waals surface area (Å²) in [5.74, 6) is -16.3. The van der Waals surface area contributed by atoms with Crippen LogP contribution in [0.25, 0.3) is 0 Å². The topological polar surface area (TPSA) is 258 Å². The van der Waals surface area contributed by atoms with E-state index in [1.165, 1.54) is 24.3 Å². The van der Waals surface area contributed by atoms with Crippen molar-refractivity contribution in [2.24, 2.45) is 0 Å². The molecular weight excluding hydrogens is 536 g/mol. The monoisotopic (exact) mass is 550 g/mol. The molecule has 202 valence electrons. The number of carbonyl (C=O) groups is 8. The van der Waals surface area contributed by atoms with Crippen LogP contribution in [-0.2, 0) is 0 Å². The smallest absolute Gasteiger partial charge is 0.337 e. The Morgan fingerprint density at radius 1 is 0.350 bits per heavy atom. The number of carbonyl (C=O) groups excluding carboxylic acids is 2. The van der Waals surface area contributed by atoms with E-state index in [-0.39, 0.29) is 5.56 Å². The Balaban J connectivity index is 2.57. The van der Waals surface area contributed by atoms with E-state index in [0.29, 0.717) is 0 Å². The molecule has 3 rings (SSSR count). The number of hydrogen-bond acceptors (Lipinski definition) is 8. The average molecular weight is 550 g/mol. The van der Waals surface area contributed by atoms with E-state index in [4.69, 9.17) is 0 Å². The SMILES string of the molecule is O=C(c1ccccc1)c1cccc(C(=O)c2c(C(=O)O)c(C(=O)O)c(C(=O)O)c(C(=O)O)c2C(=O)O)c1C(=O)O. The number of hydrogen-bond donors (Lipinski definition) is 6. The number of carboxylic acid groups (broad SMARTS) is 6. The molecule has 40 heavy (non-hydrogen) atoms. The molecule has 0 heterocycles. The second-order valence-electron chi connectivity index (χ2n) is 7.83. The first-order chi connectivity index (χ1) is 18.7. The molecule has 0 spiro atoms. The summed E-state index contributed by atoms with van der Waals surface area (Å²) >= 11 is 0. The molecule has 0 unspecified atom stereocenters. The van der Waals surface area contributed by atoms with E-state index < -0.39 is 97.5 Å². The van der Waals surface area contributed by atoms with Crippen molar-refractivity contribution in [3.8, 4) is 0 Å². The van der Waals surface area contributed by atoms with Gasteiger partial charge in [0.1, 0.15) is 0 Å². The fraction of sp³-hybridized carbons (Fsp3) is 0. The van der Waals surface area contributed by atoms with E-state index >= 15 is 0 Å². The van der Waals surface area contributed by atoms with Gasteiger partial charge >= 0.3 is 35.8 Å². The molecule has 0 radical (unpaired) electrons. The van der Waals surface area contributed by atoms with Crippen molar-refractivity contribution in [3.63, 3.8) is 0 Å². The summed E-state index contributed by atoms with van der Waals surface area (Å²) in [6.07, 6.45) is 0. The fourth-order valence-corrected chi connectivity index (χ4v) is 4.09. The molecule has 0 aromatic heterocycles. The highest BCUT2D eigenvalue weighted by Crippen LogP contribution is 2.33. The summed E-state index contributed by atoms with van der Waals surface area (Å²) in [5.41, 5.74) is -12.9. The van der Waals surface area contributed by atoms with Gasteiger partial charge in [-0.15, -0.1) is 0 Å². The minimum atomic E-state index is -2.34. The van der Waals surface area contributed by atoms with Gasteiger partial charge in [0.05, 0.1) is 38.9 Å². The number of carboxylic acids is 6. The van der Waals surface area contributed by atoms with Crippen LogP contribution >= 0.6 is 0 Å². The number of rotatable bonds is 10. The van der Waals surface area contributed by atoms with Crippen molar-refractivity contribution in [1.82, 2.24) is 0 Å². The van der Waals surface area contributed by atoms with E-state index in [9.17, 15) is 69.0 Å². The van der Waals surface area contributed by atoms with Crippen molar-refractivity contribution in [2.45, 2.75) is 0 Å². The zero-order valence-corrected chi connectivity index (χ0v) is 19.6. The van der Waals surface area contributed by atoms with Crippen LogP contribution in [0.2, 0.25) is 0 Å². The van der Waals surface area contributed by atoms with E-state index in [1.54, 1.807) is 6.07 Å². The van der Waals surface area contributed by atoms with Crippen LogP contribution in [0, 0.1) is 0 Å². The molecule has 3 aromatic rings. The second-order valence-corrected chi connectivity index (χ2v) is 7.83. The molecule has 0 aliphatic carbocycles. The minimum absolute atomic E-state index is 0.0285. The normalized spacial score (nSPS) is 10.4. The number of aromatic carboxylic acids is 6. The zero-order chi connectivity index (χ0) is 30.0. The Morgan fingerprint density at radius 2 is 0.675 bits per heavy atom. The van der Waals surface area contributed by atoms with Crippen LogP contribution in [0.5, 0.6) is 0 Å². The maximum Gasteiger partial charge on any atom is 0.337 e. The van der Waals surface area contributed by atoms with Gasteiger partial charge in [-0.25, -0.2) is 28.8 Å². The number of ketones is 2. The molecule has 0 saturated heterocycles. The molecule has 0 bridgehead atoms. The Morgan fingerprint density at radius 3 is 1.02 bits per heavy atom. The molecule has 0 aliphatic heterocycles. The van der Waals surface area contributed by atoms with Gasteiger partial charge in [-0.3, -0.25) is 9.59 Å². The van der Waals surface area contributed by atoms with Crippen LogP contribution < -0.4 is 0 Å². The summed E-state index contributed by atoms with van der Waals surface area (Å²) < 4.78 is 0. The third kappa shape index (κ3) is 4.74. The summed E-state index contributed by atoms with van der Waals surface area (Å²) in [5, 5.41) is 58.2. The first kappa shape index (κ1) is 28.4. The van der Waals surface area contributed by atoms with Gasteiger partial charge in [0, 0.05) is 16.7 Å². The van der Waals surface area contributed by atoms with Crippen molar-refractivity contribution >= 4 is 47.4 Å². The lowest BCUT2D eigenvalue weighted by molar-refractivity contribution is 0.0607. The Kier molecular flexibility index (Phi) is 7.57. The molecule has 0 aliphatic rings. The van der Waals surface area contributed by atoms with Crippen LogP contribution in [-0.4, -0.2) is 78.0 Å². The van der Waals surface area contributed by atoms with Crippen molar-refractivity contribution < 1.29 is 69.0 Å². The van der Waals surface area contributed by atoms with Gasteiger partial charge in [-0.2, -0.15) is 0 Å². The lowest BCUT2D eigenvalue weighted by Gasteiger charge is -2.18. The van der Waals surface area contributed by atoms with Gasteiger partial charge in [-0.05, 0) is 0 Å². The summed E-state index contributed by atoms with van der Waals surface area (Å²) in [7, 11) is 0. The van der Waals surface area contributed by atoms with Gasteiger partial charge in [0.2, 0.25) is 0 Å². The highest BCUT2D eigenvalue weighted by molar-refractivity contribution is 6.29. The van der Waals surface area contributed by atoms with E-state index in [2.05, 4.69) is 0 Å². The predicted molar refractivity (Wildman–Crippen MR) is 128 cm³/mol. The van der Waals surface area contributed by atoms with E-state index in [1.807, 2.05) is 0 Å². The summed E-state index contributed by atoms with van der Waals surface area (Å²) in [6.45, 7) is 0. The van der Waals surface area contributed by atoms with E-state index in [0.717, 1.165) is 18.2 Å². The molecule has 0 fully saturated rings. The standard InChI is InChI=1S/C26H14O14/c27-19(9-5-2-1-3-6-9)10-7-4-8-11(12(10)21(29)30)20(28)13-14(22(31)32)16(24(35)36)18(26(39)40)17(25(37)38)15(13)23(33)34/h1-8H,(H,29,30)(H,31,32)(H,33,34)(H,35,36)(H,37,38)(H,39,40). The van der Waals surface area contributed by atoms with Crippen molar-refractivity contribution in [2.75, 3.05) is 0 Å².